The molecule has 0 saturated heterocycles. The molecule has 5 heteroatoms. The minimum absolute atomic E-state index is 0.251. The van der Waals surface area contributed by atoms with Crippen molar-refractivity contribution >= 4 is 11.5 Å². The van der Waals surface area contributed by atoms with Gasteiger partial charge in [-0.1, -0.05) is 6.07 Å². The van der Waals surface area contributed by atoms with Crippen LogP contribution in [0.1, 0.15) is 5.69 Å². The third-order valence-electron chi connectivity index (χ3n) is 2.51. The summed E-state index contributed by atoms with van der Waals surface area (Å²) in [6.45, 7) is 0.251. The lowest BCUT2D eigenvalue weighted by Gasteiger charge is -2.06. The Morgan fingerprint density at radius 3 is 2.94 bits per heavy atom. The molecular formula is C13H9N3O2. The number of aromatic nitrogens is 1. The normalized spacial score (nSPS) is 11.9. The Labute approximate surface area is 104 Å². The van der Waals surface area contributed by atoms with Crippen molar-refractivity contribution in [2.24, 2.45) is 0 Å². The molecule has 0 fully saturated rings. The summed E-state index contributed by atoms with van der Waals surface area (Å²) in [5.41, 5.74) is 1.21. The highest BCUT2D eigenvalue weighted by molar-refractivity contribution is 5.62. The second kappa shape index (κ2) is 4.26. The lowest BCUT2D eigenvalue weighted by Crippen LogP contribution is -1.95. The lowest BCUT2D eigenvalue weighted by atomic mass is 10.2. The molecule has 0 bridgehead atoms. The summed E-state index contributed by atoms with van der Waals surface area (Å²) in [4.78, 5) is 4.14. The highest BCUT2D eigenvalue weighted by Gasteiger charge is 2.13. The molecule has 2 heterocycles. The zero-order valence-electron chi connectivity index (χ0n) is 9.38. The molecule has 0 atom stereocenters. The first-order valence-electron chi connectivity index (χ1n) is 5.39. The average Bonchev–Trinajstić information content (AvgIpc) is 2.86. The SMILES string of the molecule is N#Cc1cccc(Nc2ccc3c(c2)OCO3)n1. The van der Waals surface area contributed by atoms with Crippen molar-refractivity contribution in [1.29, 1.82) is 5.26 Å². The Bertz CT molecular complexity index is 634. The van der Waals surface area contributed by atoms with Gasteiger partial charge < -0.3 is 14.8 Å². The number of rotatable bonds is 2. The van der Waals surface area contributed by atoms with E-state index in [1.807, 2.05) is 24.3 Å². The van der Waals surface area contributed by atoms with Gasteiger partial charge in [0.05, 0.1) is 0 Å². The molecule has 0 unspecified atom stereocenters. The molecule has 0 amide bonds. The molecule has 18 heavy (non-hydrogen) atoms. The van der Waals surface area contributed by atoms with Gasteiger partial charge in [-0.3, -0.25) is 0 Å². The van der Waals surface area contributed by atoms with Crippen LogP contribution in [0.2, 0.25) is 0 Å². The third-order valence-corrected chi connectivity index (χ3v) is 2.51. The number of nitrogens with one attached hydrogen (secondary N) is 1. The zero-order valence-corrected chi connectivity index (χ0v) is 9.38. The van der Waals surface area contributed by atoms with E-state index in [0.29, 0.717) is 17.3 Å². The van der Waals surface area contributed by atoms with E-state index in [0.717, 1.165) is 11.4 Å². The summed E-state index contributed by atoms with van der Waals surface area (Å²) in [5.74, 6) is 2.06. The van der Waals surface area contributed by atoms with Crippen molar-refractivity contribution in [3.63, 3.8) is 0 Å². The molecule has 88 valence electrons. The van der Waals surface area contributed by atoms with Crippen LogP contribution in [-0.4, -0.2) is 11.8 Å². The predicted molar refractivity (Wildman–Crippen MR) is 64.8 cm³/mol. The monoisotopic (exact) mass is 239 g/mol. The fraction of sp³-hybridized carbons (Fsp3) is 0.0769. The molecule has 3 rings (SSSR count). The predicted octanol–water partition coefficient (Wildman–Crippen LogP) is 2.43. The molecule has 0 radical (unpaired) electrons. The topological polar surface area (TPSA) is 67.2 Å². The van der Waals surface area contributed by atoms with Gasteiger partial charge in [0.25, 0.3) is 0 Å². The minimum Gasteiger partial charge on any atom is -0.454 e. The average molecular weight is 239 g/mol. The highest BCUT2D eigenvalue weighted by Crippen LogP contribution is 2.34. The molecule has 0 aliphatic carbocycles. The van der Waals surface area contributed by atoms with Gasteiger partial charge in [-0.05, 0) is 24.3 Å². The number of anilines is 2. The van der Waals surface area contributed by atoms with E-state index >= 15 is 0 Å². The first kappa shape index (κ1) is 10.4. The van der Waals surface area contributed by atoms with Crippen LogP contribution in [0.15, 0.2) is 36.4 Å². The maximum Gasteiger partial charge on any atom is 0.231 e. The molecular weight excluding hydrogens is 230 g/mol. The van der Waals surface area contributed by atoms with Crippen LogP contribution in [0.4, 0.5) is 11.5 Å². The van der Waals surface area contributed by atoms with E-state index in [-0.39, 0.29) is 6.79 Å². The van der Waals surface area contributed by atoms with Crippen LogP contribution in [0.25, 0.3) is 0 Å². The van der Waals surface area contributed by atoms with Gasteiger partial charge in [0.15, 0.2) is 11.5 Å². The fourth-order valence-corrected chi connectivity index (χ4v) is 1.69. The molecule has 1 aliphatic rings. The van der Waals surface area contributed by atoms with Crippen LogP contribution < -0.4 is 14.8 Å². The Kier molecular flexibility index (Phi) is 2.47. The Balaban J connectivity index is 1.86. The van der Waals surface area contributed by atoms with E-state index in [1.54, 1.807) is 18.2 Å². The second-order valence-electron chi connectivity index (χ2n) is 3.71. The molecule has 1 aromatic heterocycles. The zero-order chi connectivity index (χ0) is 12.4. The minimum atomic E-state index is 0.251. The third kappa shape index (κ3) is 1.92. The van der Waals surface area contributed by atoms with Crippen molar-refractivity contribution in [2.75, 3.05) is 12.1 Å². The summed E-state index contributed by atoms with van der Waals surface area (Å²) < 4.78 is 10.5. The Morgan fingerprint density at radius 1 is 1.17 bits per heavy atom. The summed E-state index contributed by atoms with van der Waals surface area (Å²) in [6, 6.07) is 12.8. The van der Waals surface area contributed by atoms with Gasteiger partial charge in [-0.2, -0.15) is 5.26 Å². The van der Waals surface area contributed by atoms with Crippen molar-refractivity contribution in [1.82, 2.24) is 4.98 Å². The molecule has 1 aliphatic heterocycles. The van der Waals surface area contributed by atoms with Crippen molar-refractivity contribution < 1.29 is 9.47 Å². The van der Waals surface area contributed by atoms with E-state index < -0.39 is 0 Å². The van der Waals surface area contributed by atoms with Crippen LogP contribution >= 0.6 is 0 Å². The second-order valence-corrected chi connectivity index (χ2v) is 3.71. The van der Waals surface area contributed by atoms with Crippen molar-refractivity contribution in [3.05, 3.63) is 42.1 Å². The first-order valence-corrected chi connectivity index (χ1v) is 5.39. The first-order chi connectivity index (χ1) is 8.85. The van der Waals surface area contributed by atoms with E-state index in [2.05, 4.69) is 10.3 Å². The van der Waals surface area contributed by atoms with E-state index in [1.165, 1.54) is 0 Å². The number of nitriles is 1. The quantitative estimate of drug-likeness (QED) is 0.871. The number of benzene rings is 1. The smallest absolute Gasteiger partial charge is 0.231 e. The molecule has 2 aromatic rings. The molecule has 1 N–H and O–H groups in total. The van der Waals surface area contributed by atoms with Gasteiger partial charge in [0, 0.05) is 11.8 Å². The molecule has 0 spiro atoms. The van der Waals surface area contributed by atoms with Crippen LogP contribution in [0.5, 0.6) is 11.5 Å². The summed E-state index contributed by atoms with van der Waals surface area (Å²) in [7, 11) is 0. The summed E-state index contributed by atoms with van der Waals surface area (Å²) >= 11 is 0. The number of ether oxygens (including phenoxy) is 2. The van der Waals surface area contributed by atoms with Crippen LogP contribution in [0.3, 0.4) is 0 Å². The van der Waals surface area contributed by atoms with Crippen molar-refractivity contribution in [3.8, 4) is 17.6 Å². The van der Waals surface area contributed by atoms with Crippen molar-refractivity contribution in [2.45, 2.75) is 0 Å². The number of fused-ring (bicyclic) bond motifs is 1. The molecule has 0 saturated carbocycles. The standard InChI is InChI=1S/C13H9N3O2/c14-7-10-2-1-3-13(16-10)15-9-4-5-11-12(6-9)18-8-17-11/h1-6H,8H2,(H,15,16). The lowest BCUT2D eigenvalue weighted by molar-refractivity contribution is 0.174. The highest BCUT2D eigenvalue weighted by atomic mass is 16.7. The summed E-state index contributed by atoms with van der Waals surface area (Å²) in [5, 5.41) is 11.9. The van der Waals surface area contributed by atoms with Gasteiger partial charge in [0.1, 0.15) is 17.6 Å². The van der Waals surface area contributed by atoms with Gasteiger partial charge in [-0.15, -0.1) is 0 Å². The van der Waals surface area contributed by atoms with Gasteiger partial charge >= 0.3 is 0 Å². The number of hydrogen-bond donors (Lipinski definition) is 1. The van der Waals surface area contributed by atoms with Crippen LogP contribution in [0, 0.1) is 11.3 Å². The number of pyridine rings is 1. The van der Waals surface area contributed by atoms with Gasteiger partial charge in [0.2, 0.25) is 6.79 Å². The number of hydrogen-bond acceptors (Lipinski definition) is 5. The van der Waals surface area contributed by atoms with Gasteiger partial charge in [-0.25, -0.2) is 4.98 Å². The Hall–Kier alpha value is -2.74. The Morgan fingerprint density at radius 2 is 2.06 bits per heavy atom. The van der Waals surface area contributed by atoms with E-state index in [4.69, 9.17) is 14.7 Å². The largest absolute Gasteiger partial charge is 0.454 e. The van der Waals surface area contributed by atoms with E-state index in [9.17, 15) is 0 Å². The van der Waals surface area contributed by atoms with Crippen LogP contribution in [-0.2, 0) is 0 Å². The fourth-order valence-electron chi connectivity index (χ4n) is 1.69. The number of nitrogens with zero attached hydrogens (tertiary/aromatic N) is 2. The molecule has 1 aromatic carbocycles. The summed E-state index contributed by atoms with van der Waals surface area (Å²) in [6.07, 6.45) is 0. The molecule has 5 nitrogen and oxygen atoms in total. The maximum atomic E-state index is 8.78. The maximum absolute atomic E-state index is 8.78.